The number of likely N-dealkylation sites (tertiary alicyclic amines) is 1. The molecule has 3 aromatic rings. The molecule has 4 rings (SSSR count). The molecule has 0 radical (unpaired) electrons. The predicted molar refractivity (Wildman–Crippen MR) is 117 cm³/mol. The number of benzene rings is 1. The number of nitrogens with zero attached hydrogens (tertiary/aromatic N) is 4. The van der Waals surface area contributed by atoms with Crippen molar-refractivity contribution in [1.82, 2.24) is 19.5 Å². The third-order valence-corrected chi connectivity index (χ3v) is 5.62. The SMILES string of the molecule is Cc1nc2cc(C3CCCCN3C(=O)OC(C)(C)C)nn2c(-c2ccccc2)c1C. The summed E-state index contributed by atoms with van der Waals surface area (Å²) in [5.41, 5.74) is 5.40. The van der Waals surface area contributed by atoms with Crippen molar-refractivity contribution in [2.75, 3.05) is 6.54 Å². The zero-order chi connectivity index (χ0) is 21.5. The van der Waals surface area contributed by atoms with Crippen LogP contribution in [0.4, 0.5) is 4.79 Å². The fourth-order valence-corrected chi connectivity index (χ4v) is 4.09. The number of amides is 1. The quantitative estimate of drug-likeness (QED) is 0.566. The van der Waals surface area contributed by atoms with E-state index in [1.165, 1.54) is 0 Å². The molecule has 0 saturated carbocycles. The Morgan fingerprint density at radius 2 is 1.87 bits per heavy atom. The Hall–Kier alpha value is -2.89. The van der Waals surface area contributed by atoms with E-state index in [0.717, 1.165) is 53.1 Å². The Morgan fingerprint density at radius 3 is 2.57 bits per heavy atom. The van der Waals surface area contributed by atoms with Gasteiger partial charge in [-0.2, -0.15) is 5.10 Å². The van der Waals surface area contributed by atoms with E-state index in [-0.39, 0.29) is 12.1 Å². The van der Waals surface area contributed by atoms with Crippen LogP contribution in [0.3, 0.4) is 0 Å². The Morgan fingerprint density at radius 1 is 1.13 bits per heavy atom. The molecule has 1 aliphatic heterocycles. The zero-order valence-electron chi connectivity index (χ0n) is 18.5. The van der Waals surface area contributed by atoms with Crippen molar-refractivity contribution in [2.24, 2.45) is 0 Å². The van der Waals surface area contributed by atoms with Gasteiger partial charge >= 0.3 is 6.09 Å². The summed E-state index contributed by atoms with van der Waals surface area (Å²) in [7, 11) is 0. The summed E-state index contributed by atoms with van der Waals surface area (Å²) in [4.78, 5) is 19.5. The van der Waals surface area contributed by atoms with Crippen molar-refractivity contribution >= 4 is 11.7 Å². The van der Waals surface area contributed by atoms with Gasteiger partial charge in [-0.05, 0) is 59.4 Å². The Balaban J connectivity index is 1.78. The number of hydrogen-bond acceptors (Lipinski definition) is 4. The lowest BCUT2D eigenvalue weighted by Gasteiger charge is -2.35. The maximum Gasteiger partial charge on any atom is 0.410 e. The van der Waals surface area contributed by atoms with Crippen LogP contribution < -0.4 is 0 Å². The van der Waals surface area contributed by atoms with Crippen LogP contribution in [0.15, 0.2) is 36.4 Å². The number of aromatic nitrogens is 3. The number of rotatable bonds is 2. The van der Waals surface area contributed by atoms with E-state index in [0.29, 0.717) is 6.54 Å². The number of aryl methyl sites for hydroxylation is 1. The molecule has 1 fully saturated rings. The van der Waals surface area contributed by atoms with Crippen LogP contribution in [0.2, 0.25) is 0 Å². The molecule has 1 unspecified atom stereocenters. The number of carbonyl (C=O) groups excluding carboxylic acids is 1. The van der Waals surface area contributed by atoms with Crippen LogP contribution in [-0.4, -0.2) is 37.7 Å². The molecule has 1 aliphatic rings. The number of piperidine rings is 1. The summed E-state index contributed by atoms with van der Waals surface area (Å²) < 4.78 is 7.60. The second-order valence-electron chi connectivity index (χ2n) is 9.06. The molecular weight excluding hydrogens is 376 g/mol. The first-order chi connectivity index (χ1) is 14.2. The van der Waals surface area contributed by atoms with Crippen LogP contribution in [0.1, 0.15) is 63.0 Å². The van der Waals surface area contributed by atoms with E-state index in [9.17, 15) is 4.79 Å². The smallest absolute Gasteiger partial charge is 0.410 e. The van der Waals surface area contributed by atoms with Crippen molar-refractivity contribution in [2.45, 2.75) is 65.5 Å². The highest BCUT2D eigenvalue weighted by atomic mass is 16.6. The van der Waals surface area contributed by atoms with Gasteiger partial charge in [0, 0.05) is 23.9 Å². The van der Waals surface area contributed by atoms with Crippen molar-refractivity contribution in [3.63, 3.8) is 0 Å². The van der Waals surface area contributed by atoms with Gasteiger partial charge in [-0.25, -0.2) is 14.3 Å². The lowest BCUT2D eigenvalue weighted by atomic mass is 10.00. The largest absolute Gasteiger partial charge is 0.444 e. The lowest BCUT2D eigenvalue weighted by molar-refractivity contribution is 0.00898. The summed E-state index contributed by atoms with van der Waals surface area (Å²) >= 11 is 0. The molecular formula is C24H30N4O2. The zero-order valence-corrected chi connectivity index (χ0v) is 18.5. The summed E-state index contributed by atoms with van der Waals surface area (Å²) in [5.74, 6) is 0. The van der Waals surface area contributed by atoms with Gasteiger partial charge in [0.2, 0.25) is 0 Å². The van der Waals surface area contributed by atoms with E-state index in [1.54, 1.807) is 0 Å². The highest BCUT2D eigenvalue weighted by Crippen LogP contribution is 2.33. The molecule has 1 saturated heterocycles. The monoisotopic (exact) mass is 406 g/mol. The standard InChI is InChI=1S/C24H30N4O2/c1-16-17(2)25-21-15-19(26-28(21)22(16)18-11-7-6-8-12-18)20-13-9-10-14-27(20)23(29)30-24(3,4)5/h6-8,11-12,15,20H,9-10,13-14H2,1-5H3. The highest BCUT2D eigenvalue weighted by Gasteiger charge is 2.33. The van der Waals surface area contributed by atoms with Gasteiger partial charge in [-0.15, -0.1) is 0 Å². The van der Waals surface area contributed by atoms with Gasteiger partial charge in [0.1, 0.15) is 5.60 Å². The molecule has 1 atom stereocenters. The molecule has 1 amide bonds. The molecule has 1 aromatic carbocycles. The Bertz CT molecular complexity index is 1070. The van der Waals surface area contributed by atoms with Gasteiger partial charge in [0.05, 0.1) is 17.4 Å². The number of fused-ring (bicyclic) bond motifs is 1. The molecule has 2 aromatic heterocycles. The first kappa shape index (κ1) is 20.4. The second-order valence-corrected chi connectivity index (χ2v) is 9.06. The lowest BCUT2D eigenvalue weighted by Crippen LogP contribution is -2.42. The van der Waals surface area contributed by atoms with Crippen LogP contribution in [0.5, 0.6) is 0 Å². The minimum absolute atomic E-state index is 0.0977. The first-order valence-electron chi connectivity index (χ1n) is 10.7. The maximum atomic E-state index is 12.9. The van der Waals surface area contributed by atoms with E-state index in [2.05, 4.69) is 19.1 Å². The number of carbonyl (C=O) groups is 1. The predicted octanol–water partition coefficient (Wildman–Crippen LogP) is 5.48. The maximum absolute atomic E-state index is 12.9. The topological polar surface area (TPSA) is 59.7 Å². The van der Waals surface area contributed by atoms with Crippen molar-refractivity contribution in [1.29, 1.82) is 0 Å². The van der Waals surface area contributed by atoms with Gasteiger partial charge in [-0.3, -0.25) is 4.90 Å². The summed E-state index contributed by atoms with van der Waals surface area (Å²) in [6.07, 6.45) is 2.65. The molecule has 30 heavy (non-hydrogen) atoms. The fourth-order valence-electron chi connectivity index (χ4n) is 4.09. The average Bonchev–Trinajstić information content (AvgIpc) is 3.11. The molecule has 6 heteroatoms. The van der Waals surface area contributed by atoms with Crippen LogP contribution in [0.25, 0.3) is 16.9 Å². The Kier molecular flexibility index (Phi) is 5.26. The minimum atomic E-state index is -0.520. The van der Waals surface area contributed by atoms with Crippen molar-refractivity contribution < 1.29 is 9.53 Å². The summed E-state index contributed by atoms with van der Waals surface area (Å²) in [5, 5.41) is 4.95. The van der Waals surface area contributed by atoms with Crippen LogP contribution in [-0.2, 0) is 4.74 Å². The Labute approximate surface area is 177 Å². The average molecular weight is 407 g/mol. The van der Waals surface area contributed by atoms with Crippen molar-refractivity contribution in [3.8, 4) is 11.3 Å². The number of hydrogen-bond donors (Lipinski definition) is 0. The molecule has 158 valence electrons. The molecule has 0 N–H and O–H groups in total. The van der Waals surface area contributed by atoms with E-state index < -0.39 is 5.60 Å². The molecule has 0 spiro atoms. The van der Waals surface area contributed by atoms with Gasteiger partial charge in [-0.1, -0.05) is 30.3 Å². The van der Waals surface area contributed by atoms with E-state index >= 15 is 0 Å². The molecule has 0 bridgehead atoms. The third kappa shape index (κ3) is 3.91. The molecule has 6 nitrogen and oxygen atoms in total. The van der Waals surface area contributed by atoms with Gasteiger partial charge in [0.15, 0.2) is 5.65 Å². The fraction of sp³-hybridized carbons (Fsp3) is 0.458. The van der Waals surface area contributed by atoms with Gasteiger partial charge in [0.25, 0.3) is 0 Å². The highest BCUT2D eigenvalue weighted by molar-refractivity contribution is 5.70. The minimum Gasteiger partial charge on any atom is -0.444 e. The number of ether oxygens (including phenoxy) is 1. The van der Waals surface area contributed by atoms with E-state index in [1.807, 2.05) is 61.4 Å². The molecule has 0 aliphatic carbocycles. The van der Waals surface area contributed by atoms with Gasteiger partial charge < -0.3 is 4.74 Å². The molecule has 3 heterocycles. The van der Waals surface area contributed by atoms with Crippen LogP contribution in [0, 0.1) is 13.8 Å². The van der Waals surface area contributed by atoms with Crippen LogP contribution >= 0.6 is 0 Å². The first-order valence-corrected chi connectivity index (χ1v) is 10.7. The van der Waals surface area contributed by atoms with Crippen molar-refractivity contribution in [3.05, 3.63) is 53.3 Å². The van der Waals surface area contributed by atoms with E-state index in [4.69, 9.17) is 14.8 Å². The second kappa shape index (κ2) is 7.74. The summed E-state index contributed by atoms with van der Waals surface area (Å²) in [6, 6.07) is 12.2. The summed E-state index contributed by atoms with van der Waals surface area (Å²) in [6.45, 7) is 10.5. The normalized spacial score (nSPS) is 17.4. The third-order valence-electron chi connectivity index (χ3n) is 5.62.